The molecule has 1 saturated heterocycles. The first-order valence-corrected chi connectivity index (χ1v) is 9.18. The van der Waals surface area contributed by atoms with Gasteiger partial charge in [-0.3, -0.25) is 9.69 Å². The Hall–Kier alpha value is -2.21. The summed E-state index contributed by atoms with van der Waals surface area (Å²) in [5.41, 5.74) is 3.25. The molecule has 5 nitrogen and oxygen atoms in total. The minimum atomic E-state index is -0.0336. The van der Waals surface area contributed by atoms with Crippen LogP contribution in [0.3, 0.4) is 0 Å². The van der Waals surface area contributed by atoms with Gasteiger partial charge >= 0.3 is 0 Å². The maximum Gasteiger partial charge on any atom is 0.238 e. The lowest BCUT2D eigenvalue weighted by Crippen LogP contribution is -2.35. The Morgan fingerprint density at radius 3 is 2.46 bits per heavy atom. The van der Waals surface area contributed by atoms with Crippen LogP contribution in [0.25, 0.3) is 0 Å². The summed E-state index contributed by atoms with van der Waals surface area (Å²) in [5, 5.41) is 6.20. The molecule has 1 atom stereocenters. The Morgan fingerprint density at radius 2 is 1.77 bits per heavy atom. The van der Waals surface area contributed by atoms with Gasteiger partial charge in [0.2, 0.25) is 5.91 Å². The zero-order valence-electron chi connectivity index (χ0n) is 15.3. The summed E-state index contributed by atoms with van der Waals surface area (Å²) in [6, 6.07) is 18.3. The molecule has 1 fully saturated rings. The molecular formula is C21H27N3O2. The van der Waals surface area contributed by atoms with E-state index in [1.165, 1.54) is 11.1 Å². The van der Waals surface area contributed by atoms with E-state index < -0.39 is 0 Å². The largest absolute Gasteiger partial charge is 0.379 e. The minimum Gasteiger partial charge on any atom is -0.379 e. The van der Waals surface area contributed by atoms with E-state index in [1.54, 1.807) is 0 Å². The van der Waals surface area contributed by atoms with Crippen molar-refractivity contribution in [2.24, 2.45) is 0 Å². The Balaban J connectivity index is 1.43. The fourth-order valence-electron chi connectivity index (χ4n) is 3.02. The third-order valence-corrected chi connectivity index (χ3v) is 4.62. The fourth-order valence-corrected chi connectivity index (χ4v) is 3.02. The second-order valence-corrected chi connectivity index (χ2v) is 6.65. The predicted molar refractivity (Wildman–Crippen MR) is 104 cm³/mol. The van der Waals surface area contributed by atoms with Gasteiger partial charge in [0.1, 0.15) is 0 Å². The number of carbonyl (C=O) groups excluding carboxylic acids is 1. The van der Waals surface area contributed by atoms with Crippen LogP contribution in [-0.2, 0) is 16.1 Å². The first kappa shape index (κ1) is 18.6. The summed E-state index contributed by atoms with van der Waals surface area (Å²) in [7, 11) is 0. The molecule has 2 N–H and O–H groups in total. The molecule has 3 rings (SSSR count). The smallest absolute Gasteiger partial charge is 0.238 e. The maximum absolute atomic E-state index is 12.2. The summed E-state index contributed by atoms with van der Waals surface area (Å²) in [6.07, 6.45) is 0. The number of carbonyl (C=O) groups is 1. The van der Waals surface area contributed by atoms with Crippen molar-refractivity contribution in [3.05, 3.63) is 65.7 Å². The SMILES string of the molecule is C[C@@H](NCC(=O)Nc1ccc(CN2CCOCC2)cc1)c1ccccc1. The van der Waals surface area contributed by atoms with Crippen molar-refractivity contribution in [1.82, 2.24) is 10.2 Å². The van der Waals surface area contributed by atoms with E-state index in [0.29, 0.717) is 0 Å². The van der Waals surface area contributed by atoms with Gasteiger partial charge in [-0.05, 0) is 30.2 Å². The number of rotatable bonds is 7. The second kappa shape index (κ2) is 9.48. The van der Waals surface area contributed by atoms with Gasteiger partial charge in [-0.1, -0.05) is 42.5 Å². The molecular weight excluding hydrogens is 326 g/mol. The van der Waals surface area contributed by atoms with Crippen LogP contribution in [-0.4, -0.2) is 43.7 Å². The monoisotopic (exact) mass is 353 g/mol. The summed E-state index contributed by atoms with van der Waals surface area (Å²) in [4.78, 5) is 14.5. The number of nitrogens with one attached hydrogen (secondary N) is 2. The van der Waals surface area contributed by atoms with Crippen LogP contribution in [0.1, 0.15) is 24.1 Å². The number of hydrogen-bond donors (Lipinski definition) is 2. The van der Waals surface area contributed by atoms with Crippen molar-refractivity contribution in [2.45, 2.75) is 19.5 Å². The van der Waals surface area contributed by atoms with Crippen LogP contribution >= 0.6 is 0 Å². The standard InChI is InChI=1S/C21H27N3O2/c1-17(19-5-3-2-4-6-19)22-15-21(25)23-20-9-7-18(8-10-20)16-24-11-13-26-14-12-24/h2-10,17,22H,11-16H2,1H3,(H,23,25)/t17-/m1/s1. The maximum atomic E-state index is 12.2. The van der Waals surface area contributed by atoms with E-state index in [9.17, 15) is 4.79 Å². The number of ether oxygens (including phenoxy) is 1. The number of benzene rings is 2. The lowest BCUT2D eigenvalue weighted by molar-refractivity contribution is -0.115. The molecule has 5 heteroatoms. The number of morpholine rings is 1. The van der Waals surface area contributed by atoms with Gasteiger partial charge in [0.15, 0.2) is 0 Å². The molecule has 0 spiro atoms. The third-order valence-electron chi connectivity index (χ3n) is 4.62. The van der Waals surface area contributed by atoms with Gasteiger partial charge in [-0.25, -0.2) is 0 Å². The number of amides is 1. The predicted octanol–water partition coefficient (Wildman–Crippen LogP) is 2.81. The Morgan fingerprint density at radius 1 is 1.08 bits per heavy atom. The number of hydrogen-bond acceptors (Lipinski definition) is 4. The van der Waals surface area contributed by atoms with Crippen LogP contribution in [0, 0.1) is 0 Å². The minimum absolute atomic E-state index is 0.0336. The highest BCUT2D eigenvalue weighted by Gasteiger charge is 2.11. The van der Waals surface area contributed by atoms with Crippen molar-refractivity contribution >= 4 is 11.6 Å². The van der Waals surface area contributed by atoms with Crippen molar-refractivity contribution in [2.75, 3.05) is 38.2 Å². The Kier molecular flexibility index (Phi) is 6.77. The summed E-state index contributed by atoms with van der Waals surface area (Å²) in [6.45, 7) is 6.83. The van der Waals surface area contributed by atoms with Crippen molar-refractivity contribution in [3.8, 4) is 0 Å². The molecule has 0 saturated carbocycles. The number of anilines is 1. The van der Waals surface area contributed by atoms with E-state index in [1.807, 2.05) is 30.3 Å². The van der Waals surface area contributed by atoms with E-state index in [4.69, 9.17) is 4.74 Å². The Bertz CT molecular complexity index is 682. The molecule has 26 heavy (non-hydrogen) atoms. The quantitative estimate of drug-likeness (QED) is 0.804. The number of nitrogens with zero attached hydrogens (tertiary/aromatic N) is 1. The van der Waals surface area contributed by atoms with Gasteiger partial charge in [0, 0.05) is 31.4 Å². The van der Waals surface area contributed by atoms with E-state index >= 15 is 0 Å². The molecule has 1 heterocycles. The van der Waals surface area contributed by atoms with E-state index in [-0.39, 0.29) is 18.5 Å². The summed E-state index contributed by atoms with van der Waals surface area (Å²) >= 11 is 0. The topological polar surface area (TPSA) is 53.6 Å². The van der Waals surface area contributed by atoms with Crippen molar-refractivity contribution < 1.29 is 9.53 Å². The van der Waals surface area contributed by atoms with Gasteiger partial charge < -0.3 is 15.4 Å². The first-order chi connectivity index (χ1) is 12.7. The Labute approximate surface area is 155 Å². The highest BCUT2D eigenvalue weighted by Crippen LogP contribution is 2.13. The van der Waals surface area contributed by atoms with Crippen LogP contribution in [0.5, 0.6) is 0 Å². The molecule has 0 aliphatic carbocycles. The fraction of sp³-hybridized carbons (Fsp3) is 0.381. The van der Waals surface area contributed by atoms with Crippen molar-refractivity contribution in [3.63, 3.8) is 0 Å². The third kappa shape index (κ3) is 5.66. The molecule has 1 aliphatic heterocycles. The van der Waals surface area contributed by atoms with E-state index in [0.717, 1.165) is 38.5 Å². The zero-order chi connectivity index (χ0) is 18.2. The molecule has 0 unspecified atom stereocenters. The molecule has 2 aromatic carbocycles. The highest BCUT2D eigenvalue weighted by atomic mass is 16.5. The molecule has 1 amide bonds. The first-order valence-electron chi connectivity index (χ1n) is 9.18. The normalized spacial score (nSPS) is 16.2. The second-order valence-electron chi connectivity index (χ2n) is 6.65. The molecule has 0 bridgehead atoms. The van der Waals surface area contributed by atoms with Gasteiger partial charge in [0.25, 0.3) is 0 Å². The molecule has 0 radical (unpaired) electrons. The molecule has 2 aromatic rings. The summed E-state index contributed by atoms with van der Waals surface area (Å²) < 4.78 is 5.37. The average Bonchev–Trinajstić information content (AvgIpc) is 2.69. The molecule has 0 aromatic heterocycles. The lowest BCUT2D eigenvalue weighted by Gasteiger charge is -2.26. The van der Waals surface area contributed by atoms with E-state index in [2.05, 4.69) is 46.7 Å². The highest BCUT2D eigenvalue weighted by molar-refractivity contribution is 5.92. The van der Waals surface area contributed by atoms with Crippen LogP contribution in [0.4, 0.5) is 5.69 Å². The van der Waals surface area contributed by atoms with Crippen LogP contribution in [0.2, 0.25) is 0 Å². The van der Waals surface area contributed by atoms with Gasteiger partial charge in [0.05, 0.1) is 19.8 Å². The molecule has 138 valence electrons. The van der Waals surface area contributed by atoms with Gasteiger partial charge in [-0.15, -0.1) is 0 Å². The molecule has 1 aliphatic rings. The average molecular weight is 353 g/mol. The summed E-state index contributed by atoms with van der Waals surface area (Å²) in [5.74, 6) is -0.0336. The van der Waals surface area contributed by atoms with Gasteiger partial charge in [-0.2, -0.15) is 0 Å². The van der Waals surface area contributed by atoms with Crippen LogP contribution in [0.15, 0.2) is 54.6 Å². The zero-order valence-corrected chi connectivity index (χ0v) is 15.3. The lowest BCUT2D eigenvalue weighted by atomic mass is 10.1. The van der Waals surface area contributed by atoms with Crippen LogP contribution < -0.4 is 10.6 Å². The van der Waals surface area contributed by atoms with Crippen molar-refractivity contribution in [1.29, 1.82) is 0 Å².